The summed E-state index contributed by atoms with van der Waals surface area (Å²) in [4.78, 5) is 4.79. The summed E-state index contributed by atoms with van der Waals surface area (Å²) in [5.41, 5.74) is 1.20. The molecule has 1 aromatic rings. The summed E-state index contributed by atoms with van der Waals surface area (Å²) in [5, 5.41) is 0. The number of piperazine rings is 1. The number of hydrogen-bond donors (Lipinski definition) is 0. The Hall–Kier alpha value is -0.930. The molecule has 1 aliphatic heterocycles. The van der Waals surface area contributed by atoms with E-state index in [0.29, 0.717) is 6.04 Å². The van der Waals surface area contributed by atoms with Gasteiger partial charge in [-0.2, -0.15) is 0 Å². The van der Waals surface area contributed by atoms with Gasteiger partial charge in [0.1, 0.15) is 5.82 Å². The Balaban J connectivity index is 2.01. The maximum atomic E-state index is 12.8. The van der Waals surface area contributed by atoms with Crippen LogP contribution in [-0.2, 0) is 0 Å². The zero-order valence-electron chi connectivity index (χ0n) is 9.99. The molecule has 0 radical (unpaired) electrons. The van der Waals surface area contributed by atoms with Crippen molar-refractivity contribution >= 4 is 0 Å². The lowest BCUT2D eigenvalue weighted by Gasteiger charge is -2.36. The van der Waals surface area contributed by atoms with E-state index >= 15 is 0 Å². The van der Waals surface area contributed by atoms with Gasteiger partial charge in [0.2, 0.25) is 0 Å². The quantitative estimate of drug-likeness (QED) is 0.756. The number of nitrogens with zero attached hydrogens (tertiary/aromatic N) is 2. The molecule has 0 bridgehead atoms. The van der Waals surface area contributed by atoms with E-state index in [4.69, 9.17) is 0 Å². The number of likely N-dealkylation sites (N-methyl/N-ethyl adjacent to an activating group) is 1. The lowest BCUT2D eigenvalue weighted by atomic mass is 10.1. The first-order chi connectivity index (χ1) is 7.66. The summed E-state index contributed by atoms with van der Waals surface area (Å²) in [7, 11) is 2.15. The molecule has 1 saturated heterocycles. The van der Waals surface area contributed by atoms with Crippen molar-refractivity contribution in [2.45, 2.75) is 13.0 Å². The van der Waals surface area contributed by atoms with Crippen LogP contribution in [0.2, 0.25) is 0 Å². The van der Waals surface area contributed by atoms with Gasteiger partial charge < -0.3 is 4.90 Å². The van der Waals surface area contributed by atoms with E-state index in [2.05, 4.69) is 23.8 Å². The van der Waals surface area contributed by atoms with Crippen LogP contribution in [0.15, 0.2) is 24.3 Å². The Kier molecular flexibility index (Phi) is 3.56. The molecule has 2 nitrogen and oxygen atoms in total. The molecule has 1 aliphatic rings. The van der Waals surface area contributed by atoms with Crippen LogP contribution in [0.4, 0.5) is 4.39 Å². The van der Waals surface area contributed by atoms with Crippen LogP contribution in [0.3, 0.4) is 0 Å². The molecule has 88 valence electrons. The van der Waals surface area contributed by atoms with Crippen molar-refractivity contribution < 1.29 is 4.39 Å². The van der Waals surface area contributed by atoms with Crippen molar-refractivity contribution in [2.75, 3.05) is 33.2 Å². The molecule has 16 heavy (non-hydrogen) atoms. The van der Waals surface area contributed by atoms with Gasteiger partial charge in [-0.3, -0.25) is 4.90 Å². The van der Waals surface area contributed by atoms with Gasteiger partial charge in [0.25, 0.3) is 0 Å². The maximum Gasteiger partial charge on any atom is 0.123 e. The molecule has 1 aromatic carbocycles. The van der Waals surface area contributed by atoms with Gasteiger partial charge in [0, 0.05) is 32.2 Å². The summed E-state index contributed by atoms with van der Waals surface area (Å²) in [6.45, 7) is 6.61. The van der Waals surface area contributed by atoms with Crippen LogP contribution in [0.1, 0.15) is 18.5 Å². The van der Waals surface area contributed by atoms with Gasteiger partial charge >= 0.3 is 0 Å². The number of rotatable bonds is 2. The first kappa shape index (κ1) is 11.6. The van der Waals surface area contributed by atoms with E-state index in [1.807, 2.05) is 12.1 Å². The lowest BCUT2D eigenvalue weighted by Crippen LogP contribution is -2.45. The van der Waals surface area contributed by atoms with E-state index < -0.39 is 0 Å². The zero-order chi connectivity index (χ0) is 11.5. The fourth-order valence-corrected chi connectivity index (χ4v) is 2.16. The molecule has 2 rings (SSSR count). The second-order valence-electron chi connectivity index (χ2n) is 4.57. The lowest BCUT2D eigenvalue weighted by molar-refractivity contribution is 0.119. The average Bonchev–Trinajstić information content (AvgIpc) is 2.30. The van der Waals surface area contributed by atoms with Crippen LogP contribution in [0, 0.1) is 5.82 Å². The number of hydrogen-bond acceptors (Lipinski definition) is 2. The third-order valence-electron chi connectivity index (χ3n) is 3.44. The number of halogens is 1. The van der Waals surface area contributed by atoms with E-state index in [0.717, 1.165) is 26.2 Å². The topological polar surface area (TPSA) is 6.48 Å². The van der Waals surface area contributed by atoms with Crippen LogP contribution >= 0.6 is 0 Å². The van der Waals surface area contributed by atoms with Crippen LogP contribution in [-0.4, -0.2) is 43.0 Å². The van der Waals surface area contributed by atoms with Crippen LogP contribution in [0.5, 0.6) is 0 Å². The Morgan fingerprint density at radius 2 is 1.62 bits per heavy atom. The standard InChI is InChI=1S/C13H19FN2/c1-11(12-3-5-13(14)6-4-12)16-9-7-15(2)8-10-16/h3-6,11H,7-10H2,1-2H3. The SMILES string of the molecule is CC(c1ccc(F)cc1)N1CCN(C)CC1. The Morgan fingerprint density at radius 3 is 2.19 bits per heavy atom. The molecule has 0 aromatic heterocycles. The predicted octanol–water partition coefficient (Wildman–Crippen LogP) is 2.13. The molecule has 0 amide bonds. The van der Waals surface area contributed by atoms with Crippen molar-refractivity contribution in [3.8, 4) is 0 Å². The molecule has 0 aliphatic carbocycles. The molecular weight excluding hydrogens is 203 g/mol. The monoisotopic (exact) mass is 222 g/mol. The van der Waals surface area contributed by atoms with E-state index in [1.54, 1.807) is 12.1 Å². The summed E-state index contributed by atoms with van der Waals surface area (Å²) >= 11 is 0. The summed E-state index contributed by atoms with van der Waals surface area (Å²) in [6.07, 6.45) is 0. The van der Waals surface area contributed by atoms with Crippen LogP contribution < -0.4 is 0 Å². The summed E-state index contributed by atoms with van der Waals surface area (Å²) < 4.78 is 12.8. The Labute approximate surface area is 96.7 Å². The maximum absolute atomic E-state index is 12.8. The molecule has 0 saturated carbocycles. The summed E-state index contributed by atoms with van der Waals surface area (Å²) in [5.74, 6) is -0.158. The van der Waals surface area contributed by atoms with Crippen molar-refractivity contribution in [1.29, 1.82) is 0 Å². The molecule has 1 heterocycles. The first-order valence-electron chi connectivity index (χ1n) is 5.85. The first-order valence-corrected chi connectivity index (χ1v) is 5.85. The van der Waals surface area contributed by atoms with Gasteiger partial charge in [0.15, 0.2) is 0 Å². The zero-order valence-corrected chi connectivity index (χ0v) is 9.99. The van der Waals surface area contributed by atoms with Crippen molar-refractivity contribution in [3.63, 3.8) is 0 Å². The highest BCUT2D eigenvalue weighted by atomic mass is 19.1. The molecule has 0 N–H and O–H groups in total. The average molecular weight is 222 g/mol. The second-order valence-corrected chi connectivity index (χ2v) is 4.57. The Morgan fingerprint density at radius 1 is 1.06 bits per heavy atom. The highest BCUT2D eigenvalue weighted by Crippen LogP contribution is 2.21. The van der Waals surface area contributed by atoms with E-state index in [-0.39, 0.29) is 5.82 Å². The van der Waals surface area contributed by atoms with Gasteiger partial charge in [-0.25, -0.2) is 4.39 Å². The molecule has 0 spiro atoms. The third-order valence-corrected chi connectivity index (χ3v) is 3.44. The van der Waals surface area contributed by atoms with Crippen LogP contribution in [0.25, 0.3) is 0 Å². The van der Waals surface area contributed by atoms with E-state index in [9.17, 15) is 4.39 Å². The molecule has 1 fully saturated rings. The number of benzene rings is 1. The smallest absolute Gasteiger partial charge is 0.123 e. The molecular formula is C13H19FN2. The van der Waals surface area contributed by atoms with Gasteiger partial charge in [-0.1, -0.05) is 12.1 Å². The van der Waals surface area contributed by atoms with Gasteiger partial charge in [0.05, 0.1) is 0 Å². The normalized spacial score (nSPS) is 20.9. The van der Waals surface area contributed by atoms with Crippen molar-refractivity contribution in [2.24, 2.45) is 0 Å². The van der Waals surface area contributed by atoms with Crippen molar-refractivity contribution in [3.05, 3.63) is 35.6 Å². The Bertz CT molecular complexity index is 328. The highest BCUT2D eigenvalue weighted by Gasteiger charge is 2.19. The third kappa shape index (κ3) is 2.60. The summed E-state index contributed by atoms with van der Waals surface area (Å²) in [6, 6.07) is 7.25. The van der Waals surface area contributed by atoms with Gasteiger partial charge in [-0.05, 0) is 31.7 Å². The minimum Gasteiger partial charge on any atom is -0.304 e. The minimum absolute atomic E-state index is 0.158. The second kappa shape index (κ2) is 4.93. The fraction of sp³-hybridized carbons (Fsp3) is 0.538. The van der Waals surface area contributed by atoms with E-state index in [1.165, 1.54) is 5.56 Å². The largest absolute Gasteiger partial charge is 0.304 e. The highest BCUT2D eigenvalue weighted by molar-refractivity contribution is 5.19. The van der Waals surface area contributed by atoms with Gasteiger partial charge in [-0.15, -0.1) is 0 Å². The minimum atomic E-state index is -0.158. The van der Waals surface area contributed by atoms with Crippen molar-refractivity contribution in [1.82, 2.24) is 9.80 Å². The molecule has 3 heteroatoms. The fourth-order valence-electron chi connectivity index (χ4n) is 2.16. The molecule has 1 unspecified atom stereocenters. The predicted molar refractivity (Wildman–Crippen MR) is 63.9 cm³/mol. The molecule has 1 atom stereocenters.